The summed E-state index contributed by atoms with van der Waals surface area (Å²) < 4.78 is 0. The molecule has 2 atom stereocenters. The number of nitrogens with zero attached hydrogens (tertiary/aromatic N) is 1. The molecule has 3 rings (SSSR count). The van der Waals surface area contributed by atoms with E-state index in [1.807, 2.05) is 0 Å². The third-order valence-electron chi connectivity index (χ3n) is 4.34. The maximum atomic E-state index is 2.80. The Kier molecular flexibility index (Phi) is 1.71. The lowest BCUT2D eigenvalue weighted by atomic mass is 9.41. The Morgan fingerprint density at radius 1 is 0.833 bits per heavy atom. The summed E-state index contributed by atoms with van der Waals surface area (Å²) in [5.74, 6) is 2.20. The molecule has 0 saturated carbocycles. The van der Waals surface area contributed by atoms with Crippen molar-refractivity contribution >= 4 is 6.85 Å². The van der Waals surface area contributed by atoms with Crippen molar-refractivity contribution in [3.8, 4) is 0 Å². The zero-order valence-electron chi connectivity index (χ0n) is 7.84. The Morgan fingerprint density at radius 3 is 2.00 bits per heavy atom. The predicted octanol–water partition coefficient (Wildman–Crippen LogP) is 2.40. The van der Waals surface area contributed by atoms with Gasteiger partial charge in [-0.25, -0.2) is 0 Å². The summed E-state index contributed by atoms with van der Waals surface area (Å²) in [4.78, 5) is 2.80. The van der Waals surface area contributed by atoms with E-state index in [0.717, 1.165) is 18.5 Å². The summed E-state index contributed by atoms with van der Waals surface area (Å²) in [6.45, 7) is 3.86. The number of hydrogen-bond donors (Lipinski definition) is 0. The largest absolute Gasteiger partial charge is 0.341 e. The van der Waals surface area contributed by atoms with Crippen molar-refractivity contribution < 1.29 is 0 Å². The summed E-state index contributed by atoms with van der Waals surface area (Å²) in [7, 11) is 0. The SMILES string of the molecule is C1CC2CCC3CCCN(C1)B23. The molecule has 3 saturated heterocycles. The predicted molar refractivity (Wildman–Crippen MR) is 52.5 cm³/mol. The molecule has 12 heavy (non-hydrogen) atoms. The highest BCUT2D eigenvalue weighted by Crippen LogP contribution is 2.49. The van der Waals surface area contributed by atoms with E-state index in [1.165, 1.54) is 38.8 Å². The quantitative estimate of drug-likeness (QED) is 0.495. The van der Waals surface area contributed by atoms with Gasteiger partial charge in [0, 0.05) is 0 Å². The van der Waals surface area contributed by atoms with Gasteiger partial charge in [0.25, 0.3) is 0 Å². The molecular weight excluding hydrogens is 145 g/mol. The fraction of sp³-hybridized carbons (Fsp3) is 1.00. The van der Waals surface area contributed by atoms with Gasteiger partial charge in [0.1, 0.15) is 0 Å². The van der Waals surface area contributed by atoms with Crippen LogP contribution in [-0.2, 0) is 0 Å². The second-order valence-electron chi connectivity index (χ2n) is 4.91. The van der Waals surface area contributed by atoms with Gasteiger partial charge < -0.3 is 4.81 Å². The van der Waals surface area contributed by atoms with Crippen LogP contribution in [-0.4, -0.2) is 24.7 Å². The van der Waals surface area contributed by atoms with Crippen LogP contribution in [0.5, 0.6) is 0 Å². The van der Waals surface area contributed by atoms with Gasteiger partial charge in [-0.2, -0.15) is 0 Å². The third-order valence-corrected chi connectivity index (χ3v) is 4.34. The van der Waals surface area contributed by atoms with Gasteiger partial charge in [0.05, 0.1) is 0 Å². The first kappa shape index (κ1) is 7.43. The lowest BCUT2D eigenvalue weighted by molar-refractivity contribution is 0.343. The van der Waals surface area contributed by atoms with Crippen molar-refractivity contribution in [1.29, 1.82) is 0 Å². The molecule has 3 aliphatic rings. The van der Waals surface area contributed by atoms with Crippen LogP contribution in [0.3, 0.4) is 0 Å². The molecular formula is C10H18BN. The molecule has 0 radical (unpaired) electrons. The van der Waals surface area contributed by atoms with Crippen molar-refractivity contribution in [2.45, 2.75) is 50.2 Å². The molecule has 0 amide bonds. The molecule has 3 aliphatic heterocycles. The first-order valence-corrected chi connectivity index (χ1v) is 5.69. The lowest BCUT2D eigenvalue weighted by Crippen LogP contribution is -2.49. The molecule has 0 aromatic carbocycles. The van der Waals surface area contributed by atoms with Gasteiger partial charge in [0.2, 0.25) is 6.85 Å². The molecule has 2 unspecified atom stereocenters. The van der Waals surface area contributed by atoms with Gasteiger partial charge >= 0.3 is 0 Å². The fourth-order valence-corrected chi connectivity index (χ4v) is 3.90. The monoisotopic (exact) mass is 163 g/mol. The highest BCUT2D eigenvalue weighted by molar-refractivity contribution is 6.60. The van der Waals surface area contributed by atoms with Crippen LogP contribution in [0.4, 0.5) is 0 Å². The van der Waals surface area contributed by atoms with Gasteiger partial charge in [-0.05, 0) is 37.6 Å². The Hall–Kier alpha value is 0.0249. The lowest BCUT2D eigenvalue weighted by Gasteiger charge is -2.41. The molecule has 66 valence electrons. The second-order valence-corrected chi connectivity index (χ2v) is 4.91. The molecule has 0 aromatic heterocycles. The van der Waals surface area contributed by atoms with Gasteiger partial charge in [0.15, 0.2) is 0 Å². The van der Waals surface area contributed by atoms with Crippen LogP contribution < -0.4 is 0 Å². The molecule has 3 fully saturated rings. The Bertz CT molecular complexity index is 165. The van der Waals surface area contributed by atoms with Crippen molar-refractivity contribution in [3.63, 3.8) is 0 Å². The van der Waals surface area contributed by atoms with Crippen molar-refractivity contribution in [3.05, 3.63) is 0 Å². The minimum Gasteiger partial charge on any atom is -0.341 e. The zero-order valence-corrected chi connectivity index (χ0v) is 7.84. The molecule has 0 aromatic rings. The van der Waals surface area contributed by atoms with Crippen LogP contribution in [0.1, 0.15) is 38.5 Å². The summed E-state index contributed by atoms with van der Waals surface area (Å²) >= 11 is 0. The van der Waals surface area contributed by atoms with E-state index in [2.05, 4.69) is 4.81 Å². The summed E-state index contributed by atoms with van der Waals surface area (Å²) in [5, 5.41) is 0. The number of hydrogen-bond acceptors (Lipinski definition) is 1. The van der Waals surface area contributed by atoms with Crippen molar-refractivity contribution in [1.82, 2.24) is 4.81 Å². The molecule has 0 N–H and O–H groups in total. The van der Waals surface area contributed by atoms with Gasteiger partial charge in [-0.3, -0.25) is 0 Å². The minimum atomic E-state index is 1.03. The van der Waals surface area contributed by atoms with Crippen LogP contribution in [0.15, 0.2) is 0 Å². The van der Waals surface area contributed by atoms with E-state index in [1.54, 1.807) is 12.8 Å². The maximum absolute atomic E-state index is 2.80. The first-order chi connectivity index (χ1) is 5.95. The highest BCUT2D eigenvalue weighted by atomic mass is 15.1. The standard InChI is InChI=1S/C10H18BN/c1-3-9-5-6-10-4-2-8-12(7-1)11(9)10/h9-10H,1-8H2. The summed E-state index contributed by atoms with van der Waals surface area (Å²) in [6.07, 6.45) is 9.13. The smallest absolute Gasteiger partial charge is 0.229 e. The van der Waals surface area contributed by atoms with Crippen LogP contribution in [0, 0.1) is 0 Å². The van der Waals surface area contributed by atoms with E-state index >= 15 is 0 Å². The van der Waals surface area contributed by atoms with Crippen molar-refractivity contribution in [2.24, 2.45) is 0 Å². The normalized spacial score (nSPS) is 41.5. The average molecular weight is 163 g/mol. The Balaban J connectivity index is 1.84. The van der Waals surface area contributed by atoms with Gasteiger partial charge in [-0.1, -0.05) is 25.7 Å². The molecule has 0 aliphatic carbocycles. The van der Waals surface area contributed by atoms with E-state index in [-0.39, 0.29) is 0 Å². The molecule has 3 heterocycles. The summed E-state index contributed by atoms with van der Waals surface area (Å²) in [5.41, 5.74) is 0. The molecule has 0 spiro atoms. The molecule has 2 heteroatoms. The fourth-order valence-electron chi connectivity index (χ4n) is 3.90. The van der Waals surface area contributed by atoms with Gasteiger partial charge in [-0.15, -0.1) is 0 Å². The minimum absolute atomic E-state index is 1.03. The Morgan fingerprint density at radius 2 is 1.42 bits per heavy atom. The maximum Gasteiger partial charge on any atom is 0.229 e. The topological polar surface area (TPSA) is 3.24 Å². The van der Waals surface area contributed by atoms with Crippen LogP contribution >= 0.6 is 0 Å². The van der Waals surface area contributed by atoms with Crippen LogP contribution in [0.25, 0.3) is 0 Å². The number of rotatable bonds is 0. The molecule has 0 bridgehead atoms. The Labute approximate surface area is 75.6 Å². The van der Waals surface area contributed by atoms with E-state index < -0.39 is 0 Å². The summed E-state index contributed by atoms with van der Waals surface area (Å²) in [6, 6.07) is 0. The van der Waals surface area contributed by atoms with E-state index in [9.17, 15) is 0 Å². The molecule has 1 nitrogen and oxygen atoms in total. The van der Waals surface area contributed by atoms with Crippen LogP contribution in [0.2, 0.25) is 11.6 Å². The highest BCUT2D eigenvalue weighted by Gasteiger charge is 2.46. The van der Waals surface area contributed by atoms with E-state index in [4.69, 9.17) is 0 Å². The zero-order chi connectivity index (χ0) is 7.97. The second kappa shape index (κ2) is 2.76. The first-order valence-electron chi connectivity index (χ1n) is 5.69. The third kappa shape index (κ3) is 0.969. The van der Waals surface area contributed by atoms with E-state index in [0.29, 0.717) is 0 Å². The van der Waals surface area contributed by atoms with Crippen molar-refractivity contribution in [2.75, 3.05) is 13.1 Å². The average Bonchev–Trinajstić information content (AvgIpc) is 2.52.